The molecule has 5 rings (SSSR count). The van der Waals surface area contributed by atoms with Gasteiger partial charge in [0.25, 0.3) is 5.91 Å². The van der Waals surface area contributed by atoms with E-state index in [0.717, 1.165) is 21.3 Å². The number of carbonyl (C=O) groups excluding carboxylic acids is 1. The van der Waals surface area contributed by atoms with Gasteiger partial charge in [-0.05, 0) is 66.4 Å². The van der Waals surface area contributed by atoms with E-state index in [1.54, 1.807) is 36.7 Å². The van der Waals surface area contributed by atoms with Crippen molar-refractivity contribution in [1.29, 1.82) is 0 Å². The van der Waals surface area contributed by atoms with Gasteiger partial charge >= 0.3 is 0 Å². The number of thiazole rings is 1. The molecule has 2 aromatic heterocycles. The summed E-state index contributed by atoms with van der Waals surface area (Å²) in [4.78, 5) is 22.2. The number of hydrogen-bond donors (Lipinski definition) is 1. The molecule has 1 aliphatic heterocycles. The zero-order valence-electron chi connectivity index (χ0n) is 18.9. The third-order valence-corrected chi connectivity index (χ3v) is 9.44. The van der Waals surface area contributed by atoms with Gasteiger partial charge in [-0.3, -0.25) is 9.78 Å². The second kappa shape index (κ2) is 9.66. The van der Waals surface area contributed by atoms with Gasteiger partial charge < -0.3 is 5.32 Å². The quantitative estimate of drug-likeness (QED) is 0.391. The Labute approximate surface area is 212 Å². The molecule has 180 valence electrons. The number of sulfonamides is 1. The Bertz CT molecular complexity index is 1510. The van der Waals surface area contributed by atoms with Crippen molar-refractivity contribution >= 4 is 49.6 Å². The van der Waals surface area contributed by atoms with Crippen LogP contribution < -0.4 is 5.32 Å². The molecule has 1 unspecified atom stereocenters. The lowest BCUT2D eigenvalue weighted by Gasteiger charge is -2.17. The van der Waals surface area contributed by atoms with Crippen LogP contribution in [0.4, 0.5) is 0 Å². The fourth-order valence-electron chi connectivity index (χ4n) is 4.23. The fraction of sp³-hybridized carbons (Fsp3) is 0.240. The highest BCUT2D eigenvalue weighted by atomic mass is 35.5. The molecule has 0 radical (unpaired) electrons. The van der Waals surface area contributed by atoms with Gasteiger partial charge in [0.05, 0.1) is 10.6 Å². The lowest BCUT2D eigenvalue weighted by Crippen LogP contribution is -2.33. The Kier molecular flexibility index (Phi) is 6.59. The highest BCUT2D eigenvalue weighted by Gasteiger charge is 2.33. The molecule has 0 spiro atoms. The number of carbonyl (C=O) groups is 1. The monoisotopic (exact) mass is 526 g/mol. The molecule has 35 heavy (non-hydrogen) atoms. The first-order valence-corrected chi connectivity index (χ1v) is 13.8. The van der Waals surface area contributed by atoms with Gasteiger partial charge in [0.2, 0.25) is 10.0 Å². The molecular formula is C25H23ClN4O3S2. The van der Waals surface area contributed by atoms with Crippen molar-refractivity contribution in [3.8, 4) is 10.6 Å². The number of nitrogens with zero attached hydrogens (tertiary/aromatic N) is 3. The highest BCUT2D eigenvalue weighted by Crippen LogP contribution is 2.29. The Morgan fingerprint density at radius 3 is 2.69 bits per heavy atom. The summed E-state index contributed by atoms with van der Waals surface area (Å²) in [6, 6.07) is 14.2. The van der Waals surface area contributed by atoms with Crippen LogP contribution in [0.15, 0.2) is 65.8 Å². The number of nitrogens with one attached hydrogen (secondary N) is 1. The minimum absolute atomic E-state index is 0.0425. The van der Waals surface area contributed by atoms with Crippen LogP contribution in [-0.2, 0) is 10.0 Å². The van der Waals surface area contributed by atoms with Crippen molar-refractivity contribution < 1.29 is 13.2 Å². The lowest BCUT2D eigenvalue weighted by molar-refractivity contribution is 0.0951. The molecule has 0 saturated carbocycles. The van der Waals surface area contributed by atoms with Gasteiger partial charge in [0, 0.05) is 42.6 Å². The van der Waals surface area contributed by atoms with E-state index in [4.69, 9.17) is 11.6 Å². The molecule has 1 atom stereocenters. The van der Waals surface area contributed by atoms with Crippen LogP contribution in [0.1, 0.15) is 21.8 Å². The Balaban J connectivity index is 1.23. The molecule has 1 saturated heterocycles. The summed E-state index contributed by atoms with van der Waals surface area (Å²) < 4.78 is 28.0. The summed E-state index contributed by atoms with van der Waals surface area (Å²) in [5, 5.41) is 6.07. The van der Waals surface area contributed by atoms with Crippen LogP contribution in [-0.4, -0.2) is 48.2 Å². The maximum Gasteiger partial charge on any atom is 0.263 e. The van der Waals surface area contributed by atoms with Gasteiger partial charge in [0.15, 0.2) is 0 Å². The van der Waals surface area contributed by atoms with Crippen molar-refractivity contribution in [2.24, 2.45) is 5.92 Å². The van der Waals surface area contributed by atoms with Gasteiger partial charge in [-0.2, -0.15) is 4.31 Å². The predicted octanol–water partition coefficient (Wildman–Crippen LogP) is 4.76. The van der Waals surface area contributed by atoms with E-state index in [1.807, 2.05) is 31.2 Å². The average Bonchev–Trinajstić information content (AvgIpc) is 3.50. The van der Waals surface area contributed by atoms with Gasteiger partial charge in [-0.15, -0.1) is 11.3 Å². The van der Waals surface area contributed by atoms with Crippen LogP contribution >= 0.6 is 22.9 Å². The first-order valence-electron chi connectivity index (χ1n) is 11.2. The highest BCUT2D eigenvalue weighted by molar-refractivity contribution is 7.89. The van der Waals surface area contributed by atoms with E-state index in [1.165, 1.54) is 15.6 Å². The third-order valence-electron chi connectivity index (χ3n) is 6.14. The molecule has 10 heteroatoms. The molecule has 1 N–H and O–H groups in total. The zero-order chi connectivity index (χ0) is 24.6. The molecular weight excluding hydrogens is 504 g/mol. The van der Waals surface area contributed by atoms with Crippen LogP contribution in [0.3, 0.4) is 0 Å². The zero-order valence-corrected chi connectivity index (χ0v) is 21.3. The number of halogens is 1. The summed E-state index contributed by atoms with van der Waals surface area (Å²) in [7, 11) is -3.62. The van der Waals surface area contributed by atoms with Crippen LogP contribution in [0.25, 0.3) is 21.3 Å². The number of fused-ring (bicyclic) bond motifs is 1. The third kappa shape index (κ3) is 4.95. The fourth-order valence-corrected chi connectivity index (χ4v) is 6.96. The summed E-state index contributed by atoms with van der Waals surface area (Å²) in [5.74, 6) is -0.143. The van der Waals surface area contributed by atoms with E-state index in [9.17, 15) is 13.2 Å². The van der Waals surface area contributed by atoms with Crippen LogP contribution in [0, 0.1) is 12.8 Å². The number of aryl methyl sites for hydroxylation is 1. The lowest BCUT2D eigenvalue weighted by atomic mass is 10.1. The second-order valence-corrected chi connectivity index (χ2v) is 11.9. The van der Waals surface area contributed by atoms with Gasteiger partial charge in [0.1, 0.15) is 9.88 Å². The van der Waals surface area contributed by atoms with E-state index in [-0.39, 0.29) is 16.7 Å². The Morgan fingerprint density at radius 1 is 1.14 bits per heavy atom. The predicted molar refractivity (Wildman–Crippen MR) is 138 cm³/mol. The largest absolute Gasteiger partial charge is 0.351 e. The molecule has 2 aromatic carbocycles. The minimum Gasteiger partial charge on any atom is -0.351 e. The van der Waals surface area contributed by atoms with E-state index < -0.39 is 10.0 Å². The number of aromatic nitrogens is 2. The number of benzene rings is 2. The maximum absolute atomic E-state index is 13.2. The number of rotatable bonds is 6. The molecule has 0 bridgehead atoms. The average molecular weight is 527 g/mol. The van der Waals surface area contributed by atoms with Crippen LogP contribution in [0.2, 0.25) is 5.02 Å². The molecule has 3 heterocycles. The van der Waals surface area contributed by atoms with Crippen molar-refractivity contribution in [2.75, 3.05) is 19.6 Å². The van der Waals surface area contributed by atoms with E-state index >= 15 is 0 Å². The first kappa shape index (κ1) is 23.9. The second-order valence-electron chi connectivity index (χ2n) is 8.55. The van der Waals surface area contributed by atoms with Crippen molar-refractivity contribution in [2.45, 2.75) is 18.2 Å². The van der Waals surface area contributed by atoms with Crippen molar-refractivity contribution in [1.82, 2.24) is 19.6 Å². The van der Waals surface area contributed by atoms with Gasteiger partial charge in [-0.25, -0.2) is 13.4 Å². The van der Waals surface area contributed by atoms with E-state index in [0.29, 0.717) is 41.6 Å². The van der Waals surface area contributed by atoms with Gasteiger partial charge in [-0.1, -0.05) is 23.7 Å². The molecule has 0 aliphatic carbocycles. The molecule has 4 aromatic rings. The molecule has 1 fully saturated rings. The summed E-state index contributed by atoms with van der Waals surface area (Å²) in [6.45, 7) is 3.01. The van der Waals surface area contributed by atoms with Crippen LogP contribution in [0.5, 0.6) is 0 Å². The number of amides is 1. The summed E-state index contributed by atoms with van der Waals surface area (Å²) in [5.41, 5.74) is 1.59. The topological polar surface area (TPSA) is 92.3 Å². The summed E-state index contributed by atoms with van der Waals surface area (Å²) >= 11 is 7.38. The molecule has 1 amide bonds. The minimum atomic E-state index is -3.62. The molecule has 7 nitrogen and oxygen atoms in total. The Hall–Kier alpha value is -2.85. The first-order chi connectivity index (χ1) is 16.8. The maximum atomic E-state index is 13.2. The molecule has 1 aliphatic rings. The van der Waals surface area contributed by atoms with E-state index in [2.05, 4.69) is 15.3 Å². The standard InChI is InChI=1S/C25H23ClN4O3S2/c1-16-23(34-25(29-16)18-6-9-27-10-7-18)24(31)28-14-17-8-11-30(15-17)35(32,33)22-5-3-19-12-21(26)4-2-20(19)13-22/h2-7,9-10,12-13,17H,8,11,14-15H2,1H3,(H,28,31). The SMILES string of the molecule is Cc1nc(-c2ccncc2)sc1C(=O)NCC1CCN(S(=O)(=O)c2ccc3cc(Cl)ccc3c2)C1. The number of hydrogen-bond acceptors (Lipinski definition) is 6. The van der Waals surface area contributed by atoms with Crippen molar-refractivity contribution in [3.63, 3.8) is 0 Å². The normalized spacial score (nSPS) is 16.6. The number of pyridine rings is 1. The summed E-state index contributed by atoms with van der Waals surface area (Å²) in [6.07, 6.45) is 4.07. The smallest absolute Gasteiger partial charge is 0.263 e. The van der Waals surface area contributed by atoms with Crippen molar-refractivity contribution in [3.05, 3.63) is 76.5 Å². The Morgan fingerprint density at radius 2 is 1.89 bits per heavy atom.